The van der Waals surface area contributed by atoms with Crippen molar-refractivity contribution in [2.24, 2.45) is 5.92 Å². The normalized spacial score (nSPS) is 24.9. The average Bonchev–Trinajstić information content (AvgIpc) is 1.75. The molecular weight excluding hydrogens is 124 g/mol. The minimum atomic E-state index is 0.763. The fourth-order valence-electron chi connectivity index (χ4n) is 1.07. The molecule has 1 atom stereocenters. The van der Waals surface area contributed by atoms with E-state index in [1.54, 1.807) is 0 Å². The summed E-state index contributed by atoms with van der Waals surface area (Å²) in [6, 6.07) is 0.763. The third kappa shape index (κ3) is 2.67. The molecule has 0 saturated carbocycles. The molecule has 1 aliphatic heterocycles. The Morgan fingerprint density at radius 1 is 1.60 bits per heavy atom. The van der Waals surface area contributed by atoms with Gasteiger partial charge in [0.05, 0.1) is 0 Å². The molecule has 0 aromatic heterocycles. The van der Waals surface area contributed by atoms with Gasteiger partial charge < -0.3 is 10.6 Å². The topological polar surface area (TPSA) is 24.1 Å². The van der Waals surface area contributed by atoms with Gasteiger partial charge in [0.25, 0.3) is 0 Å². The van der Waals surface area contributed by atoms with Crippen molar-refractivity contribution in [3.8, 4) is 0 Å². The Balaban J connectivity index is 1.85. The van der Waals surface area contributed by atoms with Crippen molar-refractivity contribution in [2.45, 2.75) is 26.3 Å². The van der Waals surface area contributed by atoms with Crippen molar-refractivity contribution >= 4 is 0 Å². The molecule has 60 valence electrons. The van der Waals surface area contributed by atoms with E-state index in [9.17, 15) is 0 Å². The van der Waals surface area contributed by atoms with Crippen LogP contribution in [0.15, 0.2) is 0 Å². The summed E-state index contributed by atoms with van der Waals surface area (Å²) in [5, 5.41) is 6.78. The van der Waals surface area contributed by atoms with Crippen LogP contribution >= 0.6 is 0 Å². The Labute approximate surface area is 63.4 Å². The Hall–Kier alpha value is -0.0800. The van der Waals surface area contributed by atoms with Crippen molar-refractivity contribution in [2.75, 3.05) is 19.6 Å². The first-order valence-corrected chi connectivity index (χ1v) is 4.23. The Bertz CT molecular complexity index is 87.3. The maximum Gasteiger partial charge on any atom is 0.0204 e. The fraction of sp³-hybridized carbons (Fsp3) is 1.00. The smallest absolute Gasteiger partial charge is 0.0204 e. The zero-order valence-corrected chi connectivity index (χ0v) is 6.98. The van der Waals surface area contributed by atoms with Crippen molar-refractivity contribution in [3.63, 3.8) is 0 Å². The van der Waals surface area contributed by atoms with Gasteiger partial charge >= 0.3 is 0 Å². The summed E-state index contributed by atoms with van der Waals surface area (Å²) in [6.07, 6.45) is 1.35. The van der Waals surface area contributed by atoms with Crippen LogP contribution in [0.25, 0.3) is 0 Å². The van der Waals surface area contributed by atoms with Crippen molar-refractivity contribution in [1.82, 2.24) is 10.6 Å². The molecule has 10 heavy (non-hydrogen) atoms. The molecule has 2 nitrogen and oxygen atoms in total. The van der Waals surface area contributed by atoms with E-state index < -0.39 is 0 Å². The van der Waals surface area contributed by atoms with E-state index in [4.69, 9.17) is 0 Å². The summed E-state index contributed by atoms with van der Waals surface area (Å²) in [6.45, 7) is 7.99. The lowest BCUT2D eigenvalue weighted by atomic mass is 10.1. The van der Waals surface area contributed by atoms with Gasteiger partial charge in [-0.3, -0.25) is 0 Å². The number of rotatable bonds is 4. The van der Waals surface area contributed by atoms with Crippen LogP contribution in [0.2, 0.25) is 0 Å². The minimum Gasteiger partial charge on any atom is -0.315 e. The van der Waals surface area contributed by atoms with E-state index in [2.05, 4.69) is 24.5 Å². The Morgan fingerprint density at radius 2 is 2.30 bits per heavy atom. The van der Waals surface area contributed by atoms with Crippen molar-refractivity contribution in [1.29, 1.82) is 0 Å². The molecular formula is C8H18N2. The quantitative estimate of drug-likeness (QED) is 0.600. The standard InChI is InChI=1S/C8H18N2/c1-7(2)5-9-6-8-3-4-10-8/h7-10H,3-6H2,1-2H3. The first kappa shape index (κ1) is 8.02. The van der Waals surface area contributed by atoms with Gasteiger partial charge in [-0.15, -0.1) is 0 Å². The van der Waals surface area contributed by atoms with Gasteiger partial charge in [0.2, 0.25) is 0 Å². The molecule has 0 aromatic carbocycles. The van der Waals surface area contributed by atoms with Crippen LogP contribution in [-0.2, 0) is 0 Å². The Morgan fingerprint density at radius 3 is 2.70 bits per heavy atom. The molecule has 2 heteroatoms. The molecule has 1 aliphatic rings. The van der Waals surface area contributed by atoms with Gasteiger partial charge in [0.15, 0.2) is 0 Å². The van der Waals surface area contributed by atoms with E-state index in [-0.39, 0.29) is 0 Å². The highest BCUT2D eigenvalue weighted by molar-refractivity contribution is 4.79. The van der Waals surface area contributed by atoms with Crippen LogP contribution in [0.1, 0.15) is 20.3 Å². The highest BCUT2D eigenvalue weighted by Crippen LogP contribution is 1.99. The average molecular weight is 142 g/mol. The second-order valence-electron chi connectivity index (χ2n) is 3.49. The van der Waals surface area contributed by atoms with E-state index in [1.165, 1.54) is 13.0 Å². The molecule has 0 aromatic rings. The first-order chi connectivity index (χ1) is 4.79. The van der Waals surface area contributed by atoms with E-state index in [0.29, 0.717) is 0 Å². The zero-order valence-electron chi connectivity index (χ0n) is 6.98. The summed E-state index contributed by atoms with van der Waals surface area (Å²) < 4.78 is 0. The van der Waals surface area contributed by atoms with Gasteiger partial charge in [-0.05, 0) is 25.4 Å². The third-order valence-corrected chi connectivity index (χ3v) is 1.87. The largest absolute Gasteiger partial charge is 0.315 e. The molecule has 1 fully saturated rings. The van der Waals surface area contributed by atoms with E-state index in [1.807, 2.05) is 0 Å². The first-order valence-electron chi connectivity index (χ1n) is 4.23. The summed E-state index contributed by atoms with van der Waals surface area (Å²) in [7, 11) is 0. The lowest BCUT2D eigenvalue weighted by Gasteiger charge is -2.28. The molecule has 0 bridgehead atoms. The number of hydrogen-bond donors (Lipinski definition) is 2. The monoisotopic (exact) mass is 142 g/mol. The fourth-order valence-corrected chi connectivity index (χ4v) is 1.07. The van der Waals surface area contributed by atoms with E-state index in [0.717, 1.165) is 25.0 Å². The van der Waals surface area contributed by atoms with Gasteiger partial charge in [0.1, 0.15) is 0 Å². The lowest BCUT2D eigenvalue weighted by Crippen LogP contribution is -2.49. The van der Waals surface area contributed by atoms with Crippen LogP contribution < -0.4 is 10.6 Å². The van der Waals surface area contributed by atoms with E-state index >= 15 is 0 Å². The predicted octanol–water partition coefficient (Wildman–Crippen LogP) is 0.594. The summed E-state index contributed by atoms with van der Waals surface area (Å²) in [5.74, 6) is 0.778. The zero-order chi connectivity index (χ0) is 7.40. The molecule has 0 radical (unpaired) electrons. The SMILES string of the molecule is CC(C)CNCC1CCN1. The second-order valence-corrected chi connectivity index (χ2v) is 3.49. The van der Waals surface area contributed by atoms with Gasteiger partial charge in [-0.1, -0.05) is 13.8 Å². The molecule has 0 aliphatic carbocycles. The van der Waals surface area contributed by atoms with Crippen molar-refractivity contribution < 1.29 is 0 Å². The summed E-state index contributed by atoms with van der Waals surface area (Å²) in [5.41, 5.74) is 0. The summed E-state index contributed by atoms with van der Waals surface area (Å²) >= 11 is 0. The Kier molecular flexibility index (Phi) is 3.16. The maximum absolute atomic E-state index is 3.42. The van der Waals surface area contributed by atoms with Crippen LogP contribution in [-0.4, -0.2) is 25.7 Å². The summed E-state index contributed by atoms with van der Waals surface area (Å²) in [4.78, 5) is 0. The maximum atomic E-state index is 3.42. The minimum absolute atomic E-state index is 0.763. The van der Waals surface area contributed by atoms with Gasteiger partial charge in [0, 0.05) is 12.6 Å². The molecule has 1 unspecified atom stereocenters. The highest BCUT2D eigenvalue weighted by atomic mass is 15.0. The van der Waals surface area contributed by atoms with Gasteiger partial charge in [-0.25, -0.2) is 0 Å². The predicted molar refractivity (Wildman–Crippen MR) is 44.1 cm³/mol. The number of hydrogen-bond acceptors (Lipinski definition) is 2. The molecule has 1 rings (SSSR count). The molecule has 1 saturated heterocycles. The third-order valence-electron chi connectivity index (χ3n) is 1.87. The number of nitrogens with one attached hydrogen (secondary N) is 2. The molecule has 1 heterocycles. The second kappa shape index (κ2) is 3.94. The van der Waals surface area contributed by atoms with Crippen LogP contribution in [0.5, 0.6) is 0 Å². The van der Waals surface area contributed by atoms with Gasteiger partial charge in [-0.2, -0.15) is 0 Å². The lowest BCUT2D eigenvalue weighted by molar-refractivity contribution is 0.347. The van der Waals surface area contributed by atoms with Crippen molar-refractivity contribution in [3.05, 3.63) is 0 Å². The van der Waals surface area contributed by atoms with Crippen LogP contribution in [0, 0.1) is 5.92 Å². The van der Waals surface area contributed by atoms with Crippen LogP contribution in [0.4, 0.5) is 0 Å². The highest BCUT2D eigenvalue weighted by Gasteiger charge is 2.14. The molecule has 0 spiro atoms. The molecule has 2 N–H and O–H groups in total. The molecule has 0 amide bonds. The van der Waals surface area contributed by atoms with Crippen LogP contribution in [0.3, 0.4) is 0 Å².